The zero-order valence-electron chi connectivity index (χ0n) is 12.8. The zero-order valence-corrected chi connectivity index (χ0v) is 12.8. The van der Waals surface area contributed by atoms with E-state index in [9.17, 15) is 4.79 Å². The summed E-state index contributed by atoms with van der Waals surface area (Å²) in [5.41, 5.74) is 0. The van der Waals surface area contributed by atoms with Gasteiger partial charge in [-0.1, -0.05) is 12.8 Å². The van der Waals surface area contributed by atoms with E-state index >= 15 is 0 Å². The Labute approximate surface area is 126 Å². The van der Waals surface area contributed by atoms with E-state index in [0.29, 0.717) is 11.8 Å². The van der Waals surface area contributed by atoms with Gasteiger partial charge in [0.25, 0.3) is 5.91 Å². The lowest BCUT2D eigenvalue weighted by Crippen LogP contribution is -2.51. The summed E-state index contributed by atoms with van der Waals surface area (Å²) in [5.74, 6) is 1.54. The number of amides is 1. The van der Waals surface area contributed by atoms with Crippen LogP contribution in [0.1, 0.15) is 45.4 Å². The van der Waals surface area contributed by atoms with E-state index in [1.54, 1.807) is 10.9 Å². The number of hydrogen-bond acceptors (Lipinski definition) is 3. The monoisotopic (exact) mass is 291 g/mol. The molecule has 5 nitrogen and oxygen atoms in total. The van der Waals surface area contributed by atoms with E-state index in [-0.39, 0.29) is 12.5 Å². The molecule has 0 spiro atoms. The number of ether oxygens (including phenoxy) is 1. The Balaban J connectivity index is 1.56. The van der Waals surface area contributed by atoms with Crippen LogP contribution in [0, 0.1) is 5.92 Å². The van der Waals surface area contributed by atoms with Gasteiger partial charge in [-0.2, -0.15) is 5.10 Å². The molecule has 2 aliphatic rings. The maximum Gasteiger partial charge on any atom is 0.260 e. The Kier molecular flexibility index (Phi) is 4.46. The number of aromatic nitrogens is 2. The lowest BCUT2D eigenvalue weighted by molar-refractivity contribution is -0.139. The standard InChI is InChI=1S/C16H25N3O2/c1-2-18-11-14(10-17-18)21-12-16(20)19-9-5-7-13-6-3-4-8-15(13)19/h10-11,13,15H,2-9,12H2,1H3/t13-,15-/m1/s1. The van der Waals surface area contributed by atoms with Crippen molar-refractivity contribution in [3.63, 3.8) is 0 Å². The summed E-state index contributed by atoms with van der Waals surface area (Å²) in [6.45, 7) is 3.88. The molecule has 1 aliphatic heterocycles. The summed E-state index contributed by atoms with van der Waals surface area (Å²) < 4.78 is 7.41. The van der Waals surface area contributed by atoms with E-state index in [4.69, 9.17) is 4.74 Å². The molecule has 0 aromatic carbocycles. The van der Waals surface area contributed by atoms with Gasteiger partial charge in [-0.3, -0.25) is 9.48 Å². The number of piperidine rings is 1. The van der Waals surface area contributed by atoms with Crippen LogP contribution in [-0.4, -0.2) is 39.8 Å². The summed E-state index contributed by atoms with van der Waals surface area (Å²) in [6, 6.07) is 0.460. The Hall–Kier alpha value is -1.52. The minimum absolute atomic E-state index is 0.135. The Bertz CT molecular complexity index is 484. The fraction of sp³-hybridized carbons (Fsp3) is 0.750. The van der Waals surface area contributed by atoms with Gasteiger partial charge in [-0.15, -0.1) is 0 Å². The van der Waals surface area contributed by atoms with Crippen molar-refractivity contribution in [2.75, 3.05) is 13.2 Å². The maximum absolute atomic E-state index is 12.5. The molecule has 1 aromatic rings. The number of carbonyl (C=O) groups excluding carboxylic acids is 1. The van der Waals surface area contributed by atoms with Crippen LogP contribution < -0.4 is 4.74 Å². The number of fused-ring (bicyclic) bond motifs is 1. The van der Waals surface area contributed by atoms with Gasteiger partial charge in [-0.05, 0) is 38.5 Å². The highest BCUT2D eigenvalue weighted by atomic mass is 16.5. The molecule has 1 aromatic heterocycles. The van der Waals surface area contributed by atoms with Crippen LogP contribution in [0.25, 0.3) is 0 Å². The van der Waals surface area contributed by atoms with Gasteiger partial charge in [0, 0.05) is 19.1 Å². The van der Waals surface area contributed by atoms with Crippen LogP contribution in [0.15, 0.2) is 12.4 Å². The van der Waals surface area contributed by atoms with E-state index in [1.807, 2.05) is 13.1 Å². The van der Waals surface area contributed by atoms with Gasteiger partial charge < -0.3 is 9.64 Å². The summed E-state index contributed by atoms with van der Waals surface area (Å²) in [4.78, 5) is 14.6. The first kappa shape index (κ1) is 14.4. The van der Waals surface area contributed by atoms with Crippen molar-refractivity contribution in [1.82, 2.24) is 14.7 Å². The first-order valence-electron chi connectivity index (χ1n) is 8.22. The molecular weight excluding hydrogens is 266 g/mol. The minimum atomic E-state index is 0.135. The molecule has 1 amide bonds. The first-order chi connectivity index (χ1) is 10.3. The van der Waals surface area contributed by atoms with Crippen molar-refractivity contribution in [2.45, 2.75) is 58.0 Å². The van der Waals surface area contributed by atoms with Gasteiger partial charge in [0.1, 0.15) is 0 Å². The average Bonchev–Trinajstić information content (AvgIpc) is 3.00. The molecule has 1 saturated carbocycles. The molecule has 0 radical (unpaired) electrons. The molecule has 116 valence electrons. The molecule has 0 bridgehead atoms. The third kappa shape index (κ3) is 3.22. The normalized spacial score (nSPS) is 25.5. The van der Waals surface area contributed by atoms with E-state index in [2.05, 4.69) is 10.00 Å². The van der Waals surface area contributed by atoms with Crippen molar-refractivity contribution in [1.29, 1.82) is 0 Å². The van der Waals surface area contributed by atoms with Crippen molar-refractivity contribution in [3.05, 3.63) is 12.4 Å². The molecule has 1 aliphatic carbocycles. The Morgan fingerprint density at radius 1 is 1.33 bits per heavy atom. The van der Waals surface area contributed by atoms with E-state index < -0.39 is 0 Å². The molecule has 0 N–H and O–H groups in total. The van der Waals surface area contributed by atoms with Crippen molar-refractivity contribution < 1.29 is 9.53 Å². The van der Waals surface area contributed by atoms with Crippen molar-refractivity contribution in [2.24, 2.45) is 5.92 Å². The van der Waals surface area contributed by atoms with Gasteiger partial charge in [0.15, 0.2) is 12.4 Å². The number of nitrogens with zero attached hydrogens (tertiary/aromatic N) is 3. The quantitative estimate of drug-likeness (QED) is 0.856. The zero-order chi connectivity index (χ0) is 14.7. The highest BCUT2D eigenvalue weighted by Crippen LogP contribution is 2.35. The molecule has 2 atom stereocenters. The van der Waals surface area contributed by atoms with Crippen molar-refractivity contribution in [3.8, 4) is 5.75 Å². The van der Waals surface area contributed by atoms with E-state index in [1.165, 1.54) is 32.1 Å². The lowest BCUT2D eigenvalue weighted by atomic mass is 9.78. The molecule has 1 saturated heterocycles. The third-order valence-electron chi connectivity index (χ3n) is 4.86. The summed E-state index contributed by atoms with van der Waals surface area (Å²) >= 11 is 0. The topological polar surface area (TPSA) is 47.4 Å². The second-order valence-electron chi connectivity index (χ2n) is 6.16. The van der Waals surface area contributed by atoms with Gasteiger partial charge in [0.05, 0.1) is 12.4 Å². The molecule has 21 heavy (non-hydrogen) atoms. The molecule has 0 unspecified atom stereocenters. The second kappa shape index (κ2) is 6.50. The lowest BCUT2D eigenvalue weighted by Gasteiger charge is -2.44. The fourth-order valence-corrected chi connectivity index (χ4v) is 3.75. The largest absolute Gasteiger partial charge is 0.480 e. The van der Waals surface area contributed by atoms with Gasteiger partial charge >= 0.3 is 0 Å². The van der Waals surface area contributed by atoms with E-state index in [0.717, 1.165) is 25.4 Å². The SMILES string of the molecule is CCn1cc(OCC(=O)N2CCC[C@H]3CCCC[C@H]32)cn1. The first-order valence-corrected chi connectivity index (χ1v) is 8.22. The number of likely N-dealkylation sites (tertiary alicyclic amines) is 1. The van der Waals surface area contributed by atoms with Crippen LogP contribution in [0.4, 0.5) is 0 Å². The predicted molar refractivity (Wildman–Crippen MR) is 80.1 cm³/mol. The van der Waals surface area contributed by atoms with Crippen molar-refractivity contribution >= 4 is 5.91 Å². The van der Waals surface area contributed by atoms with Crippen LogP contribution in [0.3, 0.4) is 0 Å². The van der Waals surface area contributed by atoms with Crippen LogP contribution >= 0.6 is 0 Å². The highest BCUT2D eigenvalue weighted by molar-refractivity contribution is 5.78. The average molecular weight is 291 g/mol. The maximum atomic E-state index is 12.5. The second-order valence-corrected chi connectivity index (χ2v) is 6.16. The molecule has 2 fully saturated rings. The molecular formula is C16H25N3O2. The smallest absolute Gasteiger partial charge is 0.260 e. The van der Waals surface area contributed by atoms with Crippen LogP contribution in [-0.2, 0) is 11.3 Å². The molecule has 5 heteroatoms. The number of aryl methyl sites for hydroxylation is 1. The number of hydrogen-bond donors (Lipinski definition) is 0. The summed E-state index contributed by atoms with van der Waals surface area (Å²) in [5, 5.41) is 4.16. The fourth-order valence-electron chi connectivity index (χ4n) is 3.75. The summed E-state index contributed by atoms with van der Waals surface area (Å²) in [6.07, 6.45) is 11.0. The Morgan fingerprint density at radius 2 is 2.14 bits per heavy atom. The molecule has 3 rings (SSSR count). The number of rotatable bonds is 4. The number of carbonyl (C=O) groups is 1. The predicted octanol–water partition coefficient (Wildman–Crippen LogP) is 2.46. The van der Waals surface area contributed by atoms with Gasteiger partial charge in [-0.25, -0.2) is 0 Å². The van der Waals surface area contributed by atoms with Crippen LogP contribution in [0.2, 0.25) is 0 Å². The molecule has 2 heterocycles. The Morgan fingerprint density at radius 3 is 2.95 bits per heavy atom. The van der Waals surface area contributed by atoms with Crippen LogP contribution in [0.5, 0.6) is 5.75 Å². The van der Waals surface area contributed by atoms with Gasteiger partial charge in [0.2, 0.25) is 0 Å². The summed E-state index contributed by atoms with van der Waals surface area (Å²) in [7, 11) is 0. The highest BCUT2D eigenvalue weighted by Gasteiger charge is 2.35. The third-order valence-corrected chi connectivity index (χ3v) is 4.86. The minimum Gasteiger partial charge on any atom is -0.480 e.